The van der Waals surface area contributed by atoms with Crippen molar-refractivity contribution in [1.82, 2.24) is 14.9 Å². The van der Waals surface area contributed by atoms with Gasteiger partial charge in [0, 0.05) is 51.2 Å². The van der Waals surface area contributed by atoms with Gasteiger partial charge >= 0.3 is 6.18 Å². The van der Waals surface area contributed by atoms with Gasteiger partial charge in [0.2, 0.25) is 5.91 Å². The number of nitrogens with one attached hydrogen (secondary N) is 3. The van der Waals surface area contributed by atoms with Crippen molar-refractivity contribution >= 4 is 34.2 Å². The van der Waals surface area contributed by atoms with Crippen LogP contribution in [-0.4, -0.2) is 54.3 Å². The fourth-order valence-electron chi connectivity index (χ4n) is 5.95. The van der Waals surface area contributed by atoms with Crippen LogP contribution in [0, 0.1) is 11.3 Å². The van der Waals surface area contributed by atoms with E-state index in [1.807, 2.05) is 6.07 Å². The van der Waals surface area contributed by atoms with Gasteiger partial charge in [0.25, 0.3) is 5.91 Å². The van der Waals surface area contributed by atoms with Gasteiger partial charge in [0.15, 0.2) is 0 Å². The number of hydrogen-bond acceptors (Lipinski definition) is 7. The minimum Gasteiger partial charge on any atom is -0.381 e. The minimum atomic E-state index is -4.66. The number of rotatable bonds is 11. The second kappa shape index (κ2) is 15.5. The zero-order valence-corrected chi connectivity index (χ0v) is 27.4. The number of nitrogens with zero attached hydrogens (tertiary/aromatic N) is 3. The number of aromatic nitrogens is 2. The fraction of sp³-hybridized carbons (Fsp3) is 0.333. The molecular weight excluding hydrogens is 637 g/mol. The molecule has 256 valence electrons. The number of benzene rings is 3. The Kier molecular flexibility index (Phi) is 11.1. The number of hydrogen-bond donors (Lipinski definition) is 3. The molecule has 0 atom stereocenters. The molecule has 0 spiro atoms. The van der Waals surface area contributed by atoms with Crippen molar-refractivity contribution in [3.05, 3.63) is 89.3 Å². The molecular formula is C36H37F3N6O4. The molecule has 1 heterocycles. The number of halogens is 3. The number of carbonyl (C=O) groups is 2. The van der Waals surface area contributed by atoms with Crippen LogP contribution in [-0.2, 0) is 34.1 Å². The van der Waals surface area contributed by atoms with Crippen molar-refractivity contribution < 1.29 is 32.2 Å². The molecule has 1 saturated carbocycles. The molecule has 0 bridgehead atoms. The average molecular weight is 675 g/mol. The minimum absolute atomic E-state index is 0.0718. The maximum Gasteiger partial charge on any atom is 0.417 e. The number of fused-ring (bicyclic) bond motifs is 1. The lowest BCUT2D eigenvalue weighted by atomic mass is 9.93. The van der Waals surface area contributed by atoms with Crippen LogP contribution in [0.1, 0.15) is 53.0 Å². The van der Waals surface area contributed by atoms with E-state index in [4.69, 9.17) is 9.47 Å². The third-order valence-corrected chi connectivity index (χ3v) is 8.58. The van der Waals surface area contributed by atoms with Crippen LogP contribution in [0.15, 0.2) is 66.7 Å². The lowest BCUT2D eigenvalue weighted by Gasteiger charge is -2.27. The van der Waals surface area contributed by atoms with E-state index in [9.17, 15) is 28.0 Å². The zero-order chi connectivity index (χ0) is 35.1. The molecule has 4 aromatic rings. The van der Waals surface area contributed by atoms with Crippen LogP contribution in [0.25, 0.3) is 22.2 Å². The Morgan fingerprint density at radius 2 is 1.84 bits per heavy atom. The number of methoxy groups -OCH3 is 2. The first-order valence-electron chi connectivity index (χ1n) is 15.8. The van der Waals surface area contributed by atoms with Crippen LogP contribution in [0.4, 0.5) is 24.5 Å². The van der Waals surface area contributed by atoms with Gasteiger partial charge in [0.1, 0.15) is 18.5 Å². The Morgan fingerprint density at radius 1 is 1.06 bits per heavy atom. The Hall–Kier alpha value is -5.03. The number of anilines is 2. The number of ether oxygens (including phenoxy) is 2. The van der Waals surface area contributed by atoms with E-state index in [2.05, 4.69) is 20.9 Å². The van der Waals surface area contributed by atoms with Gasteiger partial charge in [-0.15, -0.1) is 0 Å². The number of imidazole rings is 1. The Morgan fingerprint density at radius 3 is 2.53 bits per heavy atom. The summed E-state index contributed by atoms with van der Waals surface area (Å²) < 4.78 is 54.8. The molecule has 13 heteroatoms. The molecule has 3 N–H and O–H groups in total. The van der Waals surface area contributed by atoms with E-state index >= 15 is 0 Å². The highest BCUT2D eigenvalue weighted by Crippen LogP contribution is 2.40. The SMILES string of the molecule is COCc1nc2cc(-c3cccc(NC(=O)c4ccc(NC(=O)/C=C/CN[C@H]5CC[C@H](OC)CC5)c(C#N)c4)c3)c(C(F)(F)F)cc2n1C. The molecule has 0 aliphatic heterocycles. The average Bonchev–Trinajstić information content (AvgIpc) is 3.40. The van der Waals surface area contributed by atoms with E-state index in [1.165, 1.54) is 55.7 Å². The summed E-state index contributed by atoms with van der Waals surface area (Å²) in [6, 6.07) is 15.1. The second-order valence-corrected chi connectivity index (χ2v) is 11.8. The Labute approximate surface area is 281 Å². The summed E-state index contributed by atoms with van der Waals surface area (Å²) in [5.41, 5.74) is 0.649. The van der Waals surface area contributed by atoms with Gasteiger partial charge in [0.05, 0.1) is 34.0 Å². The highest BCUT2D eigenvalue weighted by atomic mass is 19.4. The molecule has 1 aromatic heterocycles. The van der Waals surface area contributed by atoms with Crippen LogP contribution >= 0.6 is 0 Å². The number of alkyl halides is 3. The monoisotopic (exact) mass is 674 g/mol. The number of amides is 2. The van der Waals surface area contributed by atoms with E-state index in [0.29, 0.717) is 35.5 Å². The fourth-order valence-corrected chi connectivity index (χ4v) is 5.95. The van der Waals surface area contributed by atoms with E-state index in [0.717, 1.165) is 31.7 Å². The van der Waals surface area contributed by atoms with Gasteiger partial charge in [-0.1, -0.05) is 18.2 Å². The highest BCUT2D eigenvalue weighted by molar-refractivity contribution is 6.06. The first-order valence-corrected chi connectivity index (χ1v) is 15.8. The molecule has 2 amide bonds. The third-order valence-electron chi connectivity index (χ3n) is 8.58. The molecule has 0 saturated heterocycles. The first kappa shape index (κ1) is 35.3. The highest BCUT2D eigenvalue weighted by Gasteiger charge is 2.35. The summed E-state index contributed by atoms with van der Waals surface area (Å²) in [7, 11) is 4.84. The predicted octanol–water partition coefficient (Wildman–Crippen LogP) is 6.57. The zero-order valence-electron chi connectivity index (χ0n) is 27.4. The molecule has 3 aromatic carbocycles. The van der Waals surface area contributed by atoms with E-state index in [1.54, 1.807) is 30.9 Å². The number of carbonyl (C=O) groups excluding carboxylic acids is 2. The van der Waals surface area contributed by atoms with Gasteiger partial charge in [-0.05, 0) is 79.3 Å². The normalized spacial score (nSPS) is 16.5. The Bertz CT molecular complexity index is 1910. The molecule has 1 fully saturated rings. The van der Waals surface area contributed by atoms with Gasteiger partial charge in [-0.3, -0.25) is 9.59 Å². The maximum atomic E-state index is 14.2. The molecule has 49 heavy (non-hydrogen) atoms. The summed E-state index contributed by atoms with van der Waals surface area (Å²) >= 11 is 0. The summed E-state index contributed by atoms with van der Waals surface area (Å²) in [4.78, 5) is 30.1. The standard InChI is InChI=1S/C36H37F3N6O4/c1-45-32-19-29(36(37,38)39)28(18-31(32)43-33(45)21-48-2)22-6-4-7-26(17-22)42-35(47)23-9-14-30(24(16-23)20-40)44-34(46)8-5-15-41-25-10-12-27(49-3)13-11-25/h4-9,14,16-19,25,27,41H,10-13,15,21H2,1-3H3,(H,42,47)(H,44,46)/b8-5+/t25-,27-. The van der Waals surface area contributed by atoms with Crippen molar-refractivity contribution in [2.75, 3.05) is 31.4 Å². The van der Waals surface area contributed by atoms with Crippen LogP contribution in [0.5, 0.6) is 0 Å². The van der Waals surface area contributed by atoms with Crippen molar-refractivity contribution in [2.24, 2.45) is 7.05 Å². The predicted molar refractivity (Wildman–Crippen MR) is 180 cm³/mol. The van der Waals surface area contributed by atoms with Crippen molar-refractivity contribution in [2.45, 2.75) is 50.6 Å². The van der Waals surface area contributed by atoms with E-state index in [-0.39, 0.29) is 40.2 Å². The molecule has 1 aliphatic carbocycles. The molecule has 0 radical (unpaired) electrons. The summed E-state index contributed by atoms with van der Waals surface area (Å²) in [5.74, 6) is -0.531. The van der Waals surface area contributed by atoms with Crippen molar-refractivity contribution in [3.8, 4) is 17.2 Å². The second-order valence-electron chi connectivity index (χ2n) is 11.8. The summed E-state index contributed by atoms with van der Waals surface area (Å²) in [6.45, 7) is 0.654. The lowest BCUT2D eigenvalue weighted by molar-refractivity contribution is -0.137. The summed E-state index contributed by atoms with van der Waals surface area (Å²) in [5, 5.41) is 18.5. The van der Waals surface area contributed by atoms with Crippen LogP contribution in [0.3, 0.4) is 0 Å². The van der Waals surface area contributed by atoms with E-state index < -0.39 is 23.6 Å². The lowest BCUT2D eigenvalue weighted by Crippen LogP contribution is -2.35. The van der Waals surface area contributed by atoms with Crippen molar-refractivity contribution in [1.29, 1.82) is 5.26 Å². The molecule has 0 unspecified atom stereocenters. The quantitative estimate of drug-likeness (QED) is 0.154. The van der Waals surface area contributed by atoms with Gasteiger partial charge in [-0.2, -0.15) is 18.4 Å². The van der Waals surface area contributed by atoms with Gasteiger partial charge < -0.3 is 30.0 Å². The largest absolute Gasteiger partial charge is 0.417 e. The molecule has 1 aliphatic rings. The maximum absolute atomic E-state index is 14.2. The van der Waals surface area contributed by atoms with Crippen LogP contribution in [0.2, 0.25) is 0 Å². The topological polar surface area (TPSA) is 130 Å². The first-order chi connectivity index (χ1) is 23.5. The van der Waals surface area contributed by atoms with Gasteiger partial charge in [-0.25, -0.2) is 4.98 Å². The number of aryl methyl sites for hydroxylation is 1. The van der Waals surface area contributed by atoms with Crippen molar-refractivity contribution in [3.63, 3.8) is 0 Å². The number of nitriles is 1. The van der Waals surface area contributed by atoms with Crippen LogP contribution < -0.4 is 16.0 Å². The smallest absolute Gasteiger partial charge is 0.381 e. The summed E-state index contributed by atoms with van der Waals surface area (Å²) in [6.07, 6.45) is 2.76. The molecule has 5 rings (SSSR count). The Balaban J connectivity index is 1.27. The molecule has 10 nitrogen and oxygen atoms in total. The third kappa shape index (κ3) is 8.53.